The molecule has 84 valence electrons. The van der Waals surface area contributed by atoms with E-state index in [1.54, 1.807) is 50.6 Å². The number of hydrogen-bond donors (Lipinski definition) is 0. The van der Waals surface area contributed by atoms with Crippen LogP contribution in [0.2, 0.25) is 0 Å². The van der Waals surface area contributed by atoms with E-state index in [0.29, 0.717) is 0 Å². The Morgan fingerprint density at radius 2 is 1.53 bits per heavy atom. The molecule has 1 aliphatic heterocycles. The van der Waals surface area contributed by atoms with Crippen LogP contribution in [0, 0.1) is 29.1 Å². The van der Waals surface area contributed by atoms with Gasteiger partial charge in [-0.3, -0.25) is 0 Å². The van der Waals surface area contributed by atoms with Crippen molar-refractivity contribution in [3.63, 3.8) is 0 Å². The molecule has 1 saturated heterocycles. The Balaban J connectivity index is 1.65. The molecule has 0 spiro atoms. The lowest BCUT2D eigenvalue weighted by Crippen LogP contribution is -2.50. The zero-order valence-corrected chi connectivity index (χ0v) is 10.1. The molecule has 5 fully saturated rings. The lowest BCUT2D eigenvalue weighted by molar-refractivity contribution is -0.0849. The van der Waals surface area contributed by atoms with E-state index in [2.05, 4.69) is 0 Å². The van der Waals surface area contributed by atoms with Crippen molar-refractivity contribution in [3.05, 3.63) is 0 Å². The van der Waals surface area contributed by atoms with Gasteiger partial charge < -0.3 is 4.18 Å². The second-order valence-electron chi connectivity index (χ2n) is 6.55. The van der Waals surface area contributed by atoms with Crippen molar-refractivity contribution in [2.24, 2.45) is 29.1 Å². The van der Waals surface area contributed by atoms with Crippen molar-refractivity contribution in [3.8, 4) is 0 Å². The van der Waals surface area contributed by atoms with E-state index < -0.39 is 0 Å². The van der Waals surface area contributed by atoms with Crippen LogP contribution in [0.15, 0.2) is 0 Å². The van der Waals surface area contributed by atoms with Crippen LogP contribution in [0.3, 0.4) is 0 Å². The summed E-state index contributed by atoms with van der Waals surface area (Å²) < 4.78 is 5.56. The van der Waals surface area contributed by atoms with Gasteiger partial charge >= 0.3 is 0 Å². The molecule has 0 aromatic heterocycles. The second-order valence-corrected chi connectivity index (χ2v) is 7.35. The summed E-state index contributed by atoms with van der Waals surface area (Å²) in [6.45, 7) is 1.05. The van der Waals surface area contributed by atoms with Gasteiger partial charge in [0, 0.05) is 11.7 Å². The molecule has 0 N–H and O–H groups in total. The maximum Gasteiger partial charge on any atom is 0.0656 e. The summed E-state index contributed by atoms with van der Waals surface area (Å²) in [5.41, 5.74) is 0.734. The molecule has 5 rings (SSSR count). The van der Waals surface area contributed by atoms with Gasteiger partial charge in [0.15, 0.2) is 0 Å². The third-order valence-electron chi connectivity index (χ3n) is 5.57. The normalized spacial score (nSPS) is 57.6. The Morgan fingerprint density at radius 1 is 0.933 bits per heavy atom. The largest absolute Gasteiger partial charge is 0.315 e. The van der Waals surface area contributed by atoms with Crippen LogP contribution in [0.25, 0.3) is 0 Å². The summed E-state index contributed by atoms with van der Waals surface area (Å²) in [7, 11) is 0. The lowest BCUT2D eigenvalue weighted by Gasteiger charge is -2.58. The van der Waals surface area contributed by atoms with E-state index in [-0.39, 0.29) is 0 Å². The lowest BCUT2D eigenvalue weighted by atomic mass is 9.47. The predicted octanol–water partition coefficient (Wildman–Crippen LogP) is 3.50. The summed E-state index contributed by atoms with van der Waals surface area (Å²) in [6, 6.07) is 0. The van der Waals surface area contributed by atoms with E-state index >= 15 is 0 Å². The minimum absolute atomic E-state index is 0.734. The molecule has 1 heterocycles. The van der Waals surface area contributed by atoms with Crippen molar-refractivity contribution < 1.29 is 4.18 Å². The Hall–Kier alpha value is 0.310. The maximum absolute atomic E-state index is 5.56. The fourth-order valence-corrected chi connectivity index (χ4v) is 6.31. The average Bonchev–Trinajstić information content (AvgIpc) is 2.67. The minimum Gasteiger partial charge on any atom is -0.315 e. The van der Waals surface area contributed by atoms with Crippen LogP contribution in [0.1, 0.15) is 38.5 Å². The first kappa shape index (κ1) is 9.35. The van der Waals surface area contributed by atoms with Crippen LogP contribution in [-0.2, 0) is 4.18 Å². The smallest absolute Gasteiger partial charge is 0.0656 e. The molecule has 4 saturated carbocycles. The van der Waals surface area contributed by atoms with Crippen molar-refractivity contribution in [1.82, 2.24) is 0 Å². The minimum atomic E-state index is 0.734. The third-order valence-corrected chi connectivity index (χ3v) is 6.41. The number of rotatable bonds is 1. The predicted molar refractivity (Wildman–Crippen MR) is 62.5 cm³/mol. The maximum atomic E-state index is 5.56. The summed E-state index contributed by atoms with van der Waals surface area (Å²) in [6.07, 6.45) is 9.36. The van der Waals surface area contributed by atoms with Crippen molar-refractivity contribution in [2.45, 2.75) is 38.5 Å². The van der Waals surface area contributed by atoms with Gasteiger partial charge in [-0.25, -0.2) is 0 Å². The average molecular weight is 224 g/mol. The molecule has 5 aliphatic rings. The van der Waals surface area contributed by atoms with Gasteiger partial charge in [-0.15, -0.1) is 0 Å². The zero-order chi connectivity index (χ0) is 9.88. The third kappa shape index (κ3) is 1.33. The van der Waals surface area contributed by atoms with Gasteiger partial charge in [-0.05, 0) is 73.7 Å². The van der Waals surface area contributed by atoms with Gasteiger partial charge in [0.05, 0.1) is 6.61 Å². The highest BCUT2D eigenvalue weighted by atomic mass is 32.2. The molecule has 1 nitrogen and oxygen atoms in total. The zero-order valence-electron chi connectivity index (χ0n) is 9.28. The van der Waals surface area contributed by atoms with Gasteiger partial charge in [0.1, 0.15) is 0 Å². The Morgan fingerprint density at radius 3 is 2.00 bits per heavy atom. The van der Waals surface area contributed by atoms with Crippen LogP contribution in [0.4, 0.5) is 0 Å². The monoisotopic (exact) mass is 224 g/mol. The highest BCUT2D eigenvalue weighted by Gasteiger charge is 2.54. The first-order chi connectivity index (χ1) is 7.34. The van der Waals surface area contributed by atoms with Crippen LogP contribution >= 0.6 is 12.0 Å². The standard InChI is InChI=1S/C13H20OS/c1-9-2-11-3-10(1)5-13(4-9,6-11)12-7-14-15-8-12/h9-12H,1-8H2. The molecule has 2 heteroatoms. The highest BCUT2D eigenvalue weighted by Crippen LogP contribution is 2.63. The fourth-order valence-electron chi connectivity index (χ4n) is 5.34. The molecular weight excluding hydrogens is 204 g/mol. The van der Waals surface area contributed by atoms with Crippen molar-refractivity contribution >= 4 is 12.0 Å². The van der Waals surface area contributed by atoms with Crippen molar-refractivity contribution in [1.29, 1.82) is 0 Å². The van der Waals surface area contributed by atoms with E-state index in [1.807, 2.05) is 0 Å². The molecule has 4 aliphatic carbocycles. The summed E-state index contributed by atoms with van der Waals surface area (Å²) in [4.78, 5) is 0. The Bertz CT molecular complexity index is 234. The quantitative estimate of drug-likeness (QED) is 0.630. The molecule has 0 radical (unpaired) electrons. The first-order valence-electron chi connectivity index (χ1n) is 6.58. The molecule has 1 atom stereocenters. The van der Waals surface area contributed by atoms with Crippen LogP contribution < -0.4 is 0 Å². The first-order valence-corrected chi connectivity index (χ1v) is 7.49. The second kappa shape index (κ2) is 3.16. The van der Waals surface area contributed by atoms with Gasteiger partial charge in [0.25, 0.3) is 0 Å². The van der Waals surface area contributed by atoms with Crippen LogP contribution in [0.5, 0.6) is 0 Å². The van der Waals surface area contributed by atoms with Crippen LogP contribution in [-0.4, -0.2) is 12.4 Å². The molecule has 0 amide bonds. The Labute approximate surface area is 96.5 Å². The van der Waals surface area contributed by atoms with E-state index in [9.17, 15) is 0 Å². The van der Waals surface area contributed by atoms with Gasteiger partial charge in [-0.1, -0.05) is 0 Å². The molecule has 1 unspecified atom stereocenters. The topological polar surface area (TPSA) is 9.23 Å². The van der Waals surface area contributed by atoms with E-state index in [1.165, 1.54) is 5.75 Å². The van der Waals surface area contributed by atoms with Gasteiger partial charge in [0.2, 0.25) is 0 Å². The molecule has 15 heavy (non-hydrogen) atoms. The molecule has 4 bridgehead atoms. The summed E-state index contributed by atoms with van der Waals surface area (Å²) in [5.74, 6) is 5.48. The highest BCUT2D eigenvalue weighted by molar-refractivity contribution is 7.94. The summed E-state index contributed by atoms with van der Waals surface area (Å²) >= 11 is 1.73. The van der Waals surface area contributed by atoms with E-state index in [4.69, 9.17) is 4.18 Å². The van der Waals surface area contributed by atoms with Gasteiger partial charge in [-0.2, -0.15) is 0 Å². The molecule has 0 aromatic carbocycles. The fraction of sp³-hybridized carbons (Fsp3) is 1.00. The number of hydrogen-bond acceptors (Lipinski definition) is 2. The molecular formula is C13H20OS. The van der Waals surface area contributed by atoms with E-state index in [0.717, 1.165) is 35.7 Å². The SMILES string of the molecule is C1C2CC3CC1CC(C1COSC1)(C2)C3. The molecule has 0 aromatic rings. The Kier molecular flexibility index (Phi) is 1.97. The van der Waals surface area contributed by atoms with Crippen molar-refractivity contribution in [2.75, 3.05) is 12.4 Å². The summed E-state index contributed by atoms with van der Waals surface area (Å²) in [5, 5.41) is 0.